The quantitative estimate of drug-likeness (QED) is 0.486. The number of nitrogens with zero attached hydrogens (tertiary/aromatic N) is 2. The molecule has 0 atom stereocenters. The van der Waals surface area contributed by atoms with Crippen LogP contribution in [0.25, 0.3) is 10.2 Å². The number of sulfone groups is 2. The first-order valence-corrected chi connectivity index (χ1v) is 13.7. The van der Waals surface area contributed by atoms with Gasteiger partial charge in [0, 0.05) is 12.7 Å². The van der Waals surface area contributed by atoms with E-state index in [4.69, 9.17) is 6.42 Å². The molecule has 1 amide bonds. The Kier molecular flexibility index (Phi) is 6.79. The second-order valence-electron chi connectivity index (χ2n) is 6.91. The van der Waals surface area contributed by atoms with Crippen molar-refractivity contribution in [3.05, 3.63) is 58.9 Å². The van der Waals surface area contributed by atoms with Crippen molar-refractivity contribution in [3.8, 4) is 12.3 Å². The maximum atomic E-state index is 12.4. The van der Waals surface area contributed by atoms with Gasteiger partial charge in [-0.15, -0.1) is 6.42 Å². The smallest absolute Gasteiger partial charge is 0.249 e. The molecule has 0 radical (unpaired) electrons. The van der Waals surface area contributed by atoms with Gasteiger partial charge in [-0.2, -0.15) is 4.99 Å². The second kappa shape index (κ2) is 9.18. The summed E-state index contributed by atoms with van der Waals surface area (Å²) >= 11 is 1.12. The van der Waals surface area contributed by atoms with E-state index >= 15 is 0 Å². The Morgan fingerprint density at radius 1 is 1.13 bits per heavy atom. The summed E-state index contributed by atoms with van der Waals surface area (Å²) in [4.78, 5) is 16.9. The van der Waals surface area contributed by atoms with Gasteiger partial charge in [0.1, 0.15) is 0 Å². The van der Waals surface area contributed by atoms with Gasteiger partial charge >= 0.3 is 0 Å². The number of amides is 1. The van der Waals surface area contributed by atoms with Crippen molar-refractivity contribution in [3.63, 3.8) is 0 Å². The third-order valence-electron chi connectivity index (χ3n) is 4.41. The van der Waals surface area contributed by atoms with Crippen LogP contribution >= 0.6 is 11.3 Å². The molecule has 0 aliphatic heterocycles. The minimum Gasteiger partial charge on any atom is -0.305 e. The zero-order valence-corrected chi connectivity index (χ0v) is 19.1. The van der Waals surface area contributed by atoms with Gasteiger partial charge < -0.3 is 4.57 Å². The van der Waals surface area contributed by atoms with Crippen molar-refractivity contribution in [1.29, 1.82) is 0 Å². The molecule has 31 heavy (non-hydrogen) atoms. The molecular weight excluding hydrogens is 456 g/mol. The number of rotatable bonds is 7. The summed E-state index contributed by atoms with van der Waals surface area (Å²) in [5.41, 5.74) is 1.31. The fourth-order valence-corrected chi connectivity index (χ4v) is 6.06. The van der Waals surface area contributed by atoms with Crippen LogP contribution < -0.4 is 4.80 Å². The first kappa shape index (κ1) is 22.9. The number of fused-ring (bicyclic) bond motifs is 1. The van der Waals surface area contributed by atoms with Crippen molar-refractivity contribution < 1.29 is 21.6 Å². The molecule has 0 saturated carbocycles. The second-order valence-corrected chi connectivity index (χ2v) is 12.1. The number of hydrogen-bond donors (Lipinski definition) is 0. The zero-order valence-electron chi connectivity index (χ0n) is 16.7. The van der Waals surface area contributed by atoms with Crippen LogP contribution in [-0.4, -0.2) is 39.3 Å². The van der Waals surface area contributed by atoms with E-state index in [9.17, 15) is 21.6 Å². The van der Waals surface area contributed by atoms with Crippen LogP contribution in [0.15, 0.2) is 58.4 Å². The highest BCUT2D eigenvalue weighted by Gasteiger charge is 2.16. The number of thiazole rings is 1. The van der Waals surface area contributed by atoms with Crippen LogP contribution in [0.2, 0.25) is 0 Å². The van der Waals surface area contributed by atoms with Gasteiger partial charge in [-0.05, 0) is 23.8 Å². The summed E-state index contributed by atoms with van der Waals surface area (Å²) in [7, 11) is -6.86. The number of benzene rings is 2. The summed E-state index contributed by atoms with van der Waals surface area (Å²) in [6, 6.07) is 13.3. The third-order valence-corrected chi connectivity index (χ3v) is 8.16. The predicted molar refractivity (Wildman–Crippen MR) is 121 cm³/mol. The van der Waals surface area contributed by atoms with E-state index in [2.05, 4.69) is 10.9 Å². The SMILES string of the molecule is C#CCn1c(=NC(=O)CCS(=O)(=O)Cc2ccccc2)sc2cc(S(C)(=O)=O)ccc21. The molecule has 0 aliphatic carbocycles. The van der Waals surface area contributed by atoms with Crippen LogP contribution in [0, 0.1) is 12.3 Å². The Morgan fingerprint density at radius 3 is 2.48 bits per heavy atom. The van der Waals surface area contributed by atoms with Crippen molar-refractivity contribution in [2.75, 3.05) is 12.0 Å². The van der Waals surface area contributed by atoms with Gasteiger partial charge in [-0.1, -0.05) is 47.6 Å². The van der Waals surface area contributed by atoms with Crippen LogP contribution in [0.4, 0.5) is 0 Å². The summed E-state index contributed by atoms with van der Waals surface area (Å²) in [6.07, 6.45) is 6.29. The molecule has 0 fully saturated rings. The molecule has 7 nitrogen and oxygen atoms in total. The van der Waals surface area contributed by atoms with Gasteiger partial charge in [0.2, 0.25) is 5.91 Å². The average Bonchev–Trinajstić information content (AvgIpc) is 3.03. The van der Waals surface area contributed by atoms with E-state index in [0.717, 1.165) is 17.6 Å². The Bertz CT molecular complexity index is 1440. The summed E-state index contributed by atoms with van der Waals surface area (Å²) in [5, 5.41) is 0. The maximum absolute atomic E-state index is 12.4. The molecule has 3 aromatic rings. The lowest BCUT2D eigenvalue weighted by Crippen LogP contribution is -2.18. The molecule has 0 bridgehead atoms. The fourth-order valence-electron chi connectivity index (χ4n) is 2.92. The average molecular weight is 477 g/mol. The normalized spacial score (nSPS) is 12.7. The lowest BCUT2D eigenvalue weighted by molar-refractivity contribution is -0.117. The lowest BCUT2D eigenvalue weighted by atomic mass is 10.2. The molecule has 1 heterocycles. The largest absolute Gasteiger partial charge is 0.305 e. The van der Waals surface area contributed by atoms with Crippen molar-refractivity contribution in [1.82, 2.24) is 4.57 Å². The monoisotopic (exact) mass is 476 g/mol. The van der Waals surface area contributed by atoms with Gasteiger partial charge in [0.15, 0.2) is 24.5 Å². The Hall–Kier alpha value is -2.74. The topological polar surface area (TPSA) is 103 Å². The van der Waals surface area contributed by atoms with Crippen LogP contribution in [-0.2, 0) is 36.8 Å². The Morgan fingerprint density at radius 2 is 1.84 bits per heavy atom. The van der Waals surface area contributed by atoms with E-state index in [-0.39, 0.29) is 29.4 Å². The molecule has 3 rings (SSSR count). The molecule has 2 aromatic carbocycles. The highest BCUT2D eigenvalue weighted by molar-refractivity contribution is 7.91. The highest BCUT2D eigenvalue weighted by atomic mass is 32.2. The van der Waals surface area contributed by atoms with E-state index in [1.54, 1.807) is 41.0 Å². The molecule has 10 heteroatoms. The molecule has 0 unspecified atom stereocenters. The van der Waals surface area contributed by atoms with Gasteiger partial charge in [-0.3, -0.25) is 4.79 Å². The standard InChI is InChI=1S/C21H20N2O5S3/c1-3-12-23-18-10-9-17(30(2,25)26)14-19(18)29-21(23)22-20(24)11-13-31(27,28)15-16-7-5-4-6-8-16/h1,4-10,14H,11-13,15H2,2H3. The molecule has 0 N–H and O–H groups in total. The minimum absolute atomic E-state index is 0.136. The molecule has 162 valence electrons. The van der Waals surface area contributed by atoms with E-state index < -0.39 is 25.6 Å². The van der Waals surface area contributed by atoms with Crippen molar-refractivity contribution >= 4 is 47.1 Å². The predicted octanol–water partition coefficient (Wildman–Crippen LogP) is 2.17. The zero-order chi connectivity index (χ0) is 22.6. The summed E-state index contributed by atoms with van der Waals surface area (Å²) < 4.78 is 50.5. The highest BCUT2D eigenvalue weighted by Crippen LogP contribution is 2.22. The Balaban J connectivity index is 1.86. The van der Waals surface area contributed by atoms with E-state index in [1.165, 1.54) is 12.1 Å². The van der Waals surface area contributed by atoms with E-state index in [1.807, 2.05) is 0 Å². The first-order chi connectivity index (χ1) is 14.6. The minimum atomic E-state index is -3.47. The van der Waals surface area contributed by atoms with Crippen LogP contribution in [0.1, 0.15) is 12.0 Å². The van der Waals surface area contributed by atoms with E-state index in [0.29, 0.717) is 20.6 Å². The van der Waals surface area contributed by atoms with Crippen LogP contribution in [0.3, 0.4) is 0 Å². The van der Waals surface area contributed by atoms with Crippen LogP contribution in [0.5, 0.6) is 0 Å². The molecule has 0 spiro atoms. The summed E-state index contributed by atoms with van der Waals surface area (Å²) in [6.45, 7) is 0.136. The molecule has 1 aromatic heterocycles. The molecule has 0 saturated heterocycles. The number of carbonyl (C=O) groups is 1. The number of hydrogen-bond acceptors (Lipinski definition) is 6. The van der Waals surface area contributed by atoms with Crippen molar-refractivity contribution in [2.45, 2.75) is 23.6 Å². The fraction of sp³-hybridized carbons (Fsp3) is 0.238. The number of carbonyl (C=O) groups excluding carboxylic acids is 1. The Labute approximate surface area is 184 Å². The number of aromatic nitrogens is 1. The molecule has 0 aliphatic rings. The van der Waals surface area contributed by atoms with Gasteiger partial charge in [0.25, 0.3) is 0 Å². The van der Waals surface area contributed by atoms with Gasteiger partial charge in [-0.25, -0.2) is 16.8 Å². The first-order valence-electron chi connectivity index (χ1n) is 9.18. The summed E-state index contributed by atoms with van der Waals surface area (Å²) in [5.74, 6) is 1.44. The van der Waals surface area contributed by atoms with Crippen molar-refractivity contribution in [2.24, 2.45) is 4.99 Å². The maximum Gasteiger partial charge on any atom is 0.249 e. The lowest BCUT2D eigenvalue weighted by Gasteiger charge is -2.03. The number of terminal acetylenes is 1. The molecular formula is C21H20N2O5S3. The van der Waals surface area contributed by atoms with Gasteiger partial charge in [0.05, 0.1) is 33.2 Å². The third kappa shape index (κ3) is 5.91.